The van der Waals surface area contributed by atoms with Crippen molar-refractivity contribution in [2.75, 3.05) is 32.7 Å². The van der Waals surface area contributed by atoms with Gasteiger partial charge in [-0.25, -0.2) is 4.79 Å². The lowest BCUT2D eigenvalue weighted by Crippen LogP contribution is -2.59. The third kappa shape index (κ3) is 22.2. The molecule has 11 atom stereocenters. The molecule has 33 heteroatoms. The molecular weight excluding hydrogens is 1110 g/mol. The lowest BCUT2D eigenvalue weighted by Gasteiger charge is -2.31. The number of aliphatic hydroxyl groups excluding tert-OH is 1. The average Bonchev–Trinajstić information content (AvgIpc) is 3.44. The van der Waals surface area contributed by atoms with Crippen LogP contribution in [-0.4, -0.2) is 213 Å². The first-order chi connectivity index (χ1) is 39.4. The number of likely N-dealkylation sites (tertiary alicyclic amines) is 3. The Labute approximate surface area is 485 Å². The zero-order valence-electron chi connectivity index (χ0n) is 47.9. The van der Waals surface area contributed by atoms with Crippen LogP contribution in [0.25, 0.3) is 0 Å². The zero-order valence-corrected chi connectivity index (χ0v) is 47.9. The number of amides is 13. The van der Waals surface area contributed by atoms with Crippen LogP contribution in [-0.2, 0) is 67.1 Å². The van der Waals surface area contributed by atoms with Gasteiger partial charge in [-0.15, -0.1) is 0 Å². The summed E-state index contributed by atoms with van der Waals surface area (Å²) in [5.41, 5.74) is 32.7. The van der Waals surface area contributed by atoms with Gasteiger partial charge in [-0.05, 0) is 96.8 Å². The number of nitrogens with two attached hydrogens (primary N) is 6. The highest BCUT2D eigenvalue weighted by molar-refractivity contribution is 5.99. The quantitative estimate of drug-likeness (QED) is 0.0162. The van der Waals surface area contributed by atoms with Gasteiger partial charge in [-0.1, -0.05) is 13.8 Å². The highest BCUT2D eigenvalue weighted by Crippen LogP contribution is 2.23. The van der Waals surface area contributed by atoms with Crippen LogP contribution < -0.4 is 71.6 Å². The second kappa shape index (κ2) is 33.8. The second-order valence-corrected chi connectivity index (χ2v) is 21.6. The first kappa shape index (κ1) is 70.0. The summed E-state index contributed by atoms with van der Waals surface area (Å²) >= 11 is 0. The Morgan fingerprint density at radius 3 is 1.40 bits per heavy atom. The van der Waals surface area contributed by atoms with E-state index in [9.17, 15) is 77.3 Å². The van der Waals surface area contributed by atoms with Gasteiger partial charge >= 0.3 is 5.97 Å². The number of carbonyl (C=O) groups excluding carboxylic acids is 13. The van der Waals surface area contributed by atoms with Crippen LogP contribution in [0, 0.1) is 5.92 Å². The van der Waals surface area contributed by atoms with E-state index in [2.05, 4.69) is 42.2 Å². The van der Waals surface area contributed by atoms with Gasteiger partial charge in [0.15, 0.2) is 5.96 Å². The molecule has 0 spiro atoms. The average molecular weight is 1190 g/mol. The summed E-state index contributed by atoms with van der Waals surface area (Å²) in [5.74, 6) is -12.7. The van der Waals surface area contributed by atoms with Crippen molar-refractivity contribution in [2.24, 2.45) is 45.3 Å². The van der Waals surface area contributed by atoms with E-state index in [1.54, 1.807) is 13.8 Å². The Morgan fingerprint density at radius 2 is 0.952 bits per heavy atom. The molecule has 0 bridgehead atoms. The van der Waals surface area contributed by atoms with Gasteiger partial charge < -0.3 is 96.5 Å². The molecule has 3 rings (SSSR count). The lowest BCUT2D eigenvalue weighted by molar-refractivity contribution is -0.145. The Kier molecular flexibility index (Phi) is 28.2. The van der Waals surface area contributed by atoms with Crippen LogP contribution in [0.2, 0.25) is 0 Å². The van der Waals surface area contributed by atoms with Gasteiger partial charge in [0, 0.05) is 45.4 Å². The van der Waals surface area contributed by atoms with Crippen molar-refractivity contribution in [1.29, 1.82) is 0 Å². The lowest BCUT2D eigenvalue weighted by atomic mass is 10.0. The van der Waals surface area contributed by atoms with E-state index in [1.165, 1.54) is 23.6 Å². The minimum absolute atomic E-state index is 0.0152. The zero-order chi connectivity index (χ0) is 63.1. The molecule has 13 amide bonds. The van der Waals surface area contributed by atoms with Crippen molar-refractivity contribution in [3.8, 4) is 0 Å². The molecule has 3 saturated heterocycles. The summed E-state index contributed by atoms with van der Waals surface area (Å²) in [5, 5.41) is 36.9. The van der Waals surface area contributed by atoms with E-state index in [0.717, 1.165) is 4.90 Å². The number of carbonyl (C=O) groups is 14. The molecule has 470 valence electrons. The van der Waals surface area contributed by atoms with E-state index in [-0.39, 0.29) is 83.0 Å². The monoisotopic (exact) mass is 1190 g/mol. The largest absolute Gasteiger partial charge is 0.480 e. The van der Waals surface area contributed by atoms with Gasteiger partial charge in [0.25, 0.3) is 0 Å². The van der Waals surface area contributed by atoms with Gasteiger partial charge in [0.1, 0.15) is 60.4 Å². The molecule has 21 N–H and O–H groups in total. The number of aliphatic carboxylic acids is 1. The van der Waals surface area contributed by atoms with Crippen LogP contribution in [0.1, 0.15) is 124 Å². The molecule has 0 aromatic heterocycles. The number of hydrogen-bond acceptors (Lipinski definition) is 17. The molecule has 0 saturated carbocycles. The predicted molar refractivity (Wildman–Crippen MR) is 296 cm³/mol. The van der Waals surface area contributed by atoms with Crippen LogP contribution >= 0.6 is 0 Å². The summed E-state index contributed by atoms with van der Waals surface area (Å²) in [6.45, 7) is 5.83. The van der Waals surface area contributed by atoms with Gasteiger partial charge in [0.05, 0.1) is 12.6 Å². The first-order valence-electron chi connectivity index (χ1n) is 28.0. The fourth-order valence-electron chi connectivity index (χ4n) is 9.86. The third-order valence-corrected chi connectivity index (χ3v) is 14.3. The molecule has 3 aliphatic rings. The summed E-state index contributed by atoms with van der Waals surface area (Å²) < 4.78 is 0. The number of guanidine groups is 1. The maximum absolute atomic E-state index is 14.4. The molecule has 0 aromatic carbocycles. The normalized spacial score (nSPS) is 19.4. The van der Waals surface area contributed by atoms with Gasteiger partial charge in [-0.2, -0.15) is 0 Å². The fraction of sp³-hybridized carbons (Fsp3) is 0.706. The highest BCUT2D eigenvalue weighted by Gasteiger charge is 2.43. The summed E-state index contributed by atoms with van der Waals surface area (Å²) in [6, 6.07) is -13.3. The molecule has 3 aliphatic heterocycles. The van der Waals surface area contributed by atoms with E-state index in [1.807, 2.05) is 0 Å². The number of rotatable bonds is 34. The molecular formula is C51H85N17O16. The van der Waals surface area contributed by atoms with E-state index >= 15 is 0 Å². The van der Waals surface area contributed by atoms with Crippen molar-refractivity contribution >= 4 is 88.7 Å². The highest BCUT2D eigenvalue weighted by atomic mass is 16.4. The maximum atomic E-state index is 14.4. The Bertz CT molecular complexity index is 2460. The Balaban J connectivity index is 1.75. The smallest absolute Gasteiger partial charge is 0.326 e. The first-order valence-corrected chi connectivity index (χ1v) is 28.0. The van der Waals surface area contributed by atoms with Gasteiger partial charge in [-0.3, -0.25) is 67.3 Å². The number of nitrogens with one attached hydrogen (secondary N) is 7. The summed E-state index contributed by atoms with van der Waals surface area (Å²) in [7, 11) is 0. The Morgan fingerprint density at radius 1 is 0.524 bits per heavy atom. The second-order valence-electron chi connectivity index (χ2n) is 21.6. The minimum atomic E-state index is -1.69. The van der Waals surface area contributed by atoms with Crippen molar-refractivity contribution in [2.45, 2.75) is 191 Å². The topological polar surface area (TPSA) is 542 Å². The minimum Gasteiger partial charge on any atom is -0.480 e. The number of carboxylic acid groups (broad SMARTS) is 1. The molecule has 3 heterocycles. The van der Waals surface area contributed by atoms with Crippen LogP contribution in [0.15, 0.2) is 4.99 Å². The van der Waals surface area contributed by atoms with Crippen LogP contribution in [0.4, 0.5) is 0 Å². The summed E-state index contributed by atoms with van der Waals surface area (Å²) in [4.78, 5) is 192. The predicted octanol–water partition coefficient (Wildman–Crippen LogP) is -7.31. The van der Waals surface area contributed by atoms with E-state index < -0.39 is 194 Å². The van der Waals surface area contributed by atoms with Crippen molar-refractivity contribution < 1.29 is 77.3 Å². The number of carboxylic acids is 1. The number of aliphatic hydroxyl groups is 1. The molecule has 33 nitrogen and oxygen atoms in total. The van der Waals surface area contributed by atoms with Crippen LogP contribution in [0.3, 0.4) is 0 Å². The molecule has 3 fully saturated rings. The number of hydrogen-bond donors (Lipinski definition) is 15. The van der Waals surface area contributed by atoms with E-state index in [0.29, 0.717) is 12.8 Å². The van der Waals surface area contributed by atoms with Crippen molar-refractivity contribution in [1.82, 2.24) is 51.9 Å². The van der Waals surface area contributed by atoms with E-state index in [4.69, 9.17) is 34.4 Å². The molecule has 0 radical (unpaired) electrons. The van der Waals surface area contributed by atoms with Crippen LogP contribution in [0.5, 0.6) is 0 Å². The molecule has 0 aromatic rings. The summed E-state index contributed by atoms with van der Waals surface area (Å²) in [6.07, 6.45) is -2.07. The maximum Gasteiger partial charge on any atom is 0.326 e. The molecule has 0 unspecified atom stereocenters. The third-order valence-electron chi connectivity index (χ3n) is 14.3. The van der Waals surface area contributed by atoms with Crippen molar-refractivity contribution in [3.63, 3.8) is 0 Å². The van der Waals surface area contributed by atoms with Crippen molar-refractivity contribution in [3.05, 3.63) is 0 Å². The fourth-order valence-corrected chi connectivity index (χ4v) is 9.86. The standard InChI is InChI=1S/C51H85N17O16/c1-25(2)23-32(65-46(79)35-12-8-22-68(35)49(82)40(55)27(4)69)41(74)59-24-39(73)61-28(13-16-36(52)70)42(75)62-29(14-17-37(53)71)43(76)63-30(15-18-38(54)72)48(81)67-21-7-10-33(67)44(77)60-26(3)47(80)66-20-6-11-34(66)45(78)64-31(50(83)84)9-5-19-58-51(56)57/h25-35,40,69H,5-24,55H2,1-4H3,(H2,52,70)(H2,53,71)(H2,54,72)(H,59,74)(H,60,77)(H,61,73)(H,62,75)(H,63,76)(H,64,78)(H,65,79)(H,83,84)(H4,56,57,58)/t26-,27+,28-,29-,30-,31-,32-,33-,34-,35-,40-/m0/s1. The molecule has 84 heavy (non-hydrogen) atoms. The molecule has 0 aliphatic carbocycles. The number of aliphatic imine (C=N–C) groups is 1. The Hall–Kier alpha value is -8.23. The number of nitrogens with zero attached hydrogens (tertiary/aromatic N) is 4. The SMILES string of the molecule is CC(C)C[C@H](NC(=O)[C@@H]1CCCN1C(=O)[C@@H](N)[C@@H](C)O)C(=O)NCC(=O)N[C@@H](CCC(N)=O)C(=O)N[C@@H](CCC(N)=O)C(=O)N[C@@H](CCC(N)=O)C(=O)N1CCC[C@H]1C(=O)N[C@@H](C)C(=O)N1CCC[C@H]1C(=O)N[C@@H](CCCN=C(N)N)C(=O)O. The van der Waals surface area contributed by atoms with Gasteiger partial charge in [0.2, 0.25) is 76.8 Å². The number of primary amides is 3.